The van der Waals surface area contributed by atoms with Crippen LogP contribution in [0.4, 0.5) is 17.7 Å². The summed E-state index contributed by atoms with van der Waals surface area (Å²) in [6, 6.07) is 11.3. The van der Waals surface area contributed by atoms with E-state index in [4.69, 9.17) is 9.26 Å². The first-order valence-electron chi connectivity index (χ1n) is 8.28. The van der Waals surface area contributed by atoms with Crippen LogP contribution in [0.5, 0.6) is 5.75 Å². The fraction of sp³-hybridized carbons (Fsp3) is 0.278. The van der Waals surface area contributed by atoms with Crippen molar-refractivity contribution in [3.8, 4) is 17.0 Å². The van der Waals surface area contributed by atoms with Crippen LogP contribution in [0.3, 0.4) is 0 Å². The molecule has 0 bridgehead atoms. The molecule has 1 aliphatic rings. The van der Waals surface area contributed by atoms with Crippen LogP contribution in [-0.2, 0) is 0 Å². The summed E-state index contributed by atoms with van der Waals surface area (Å²) in [4.78, 5) is 11.1. The molecule has 3 heterocycles. The summed E-state index contributed by atoms with van der Waals surface area (Å²) in [6.07, 6.45) is 4.13. The molecule has 0 atom stereocenters. The van der Waals surface area contributed by atoms with Crippen molar-refractivity contribution >= 4 is 17.7 Å². The molecule has 7 nitrogen and oxygen atoms in total. The lowest BCUT2D eigenvalue weighted by Gasteiger charge is -2.15. The SMILES string of the molecule is COc1ccc(-c2cc(Nc3ccnc(N4CCCC4)n3)on2)cc1. The van der Waals surface area contributed by atoms with Crippen LogP contribution in [0.1, 0.15) is 12.8 Å². The third kappa shape index (κ3) is 3.40. The van der Waals surface area contributed by atoms with E-state index in [1.165, 1.54) is 12.8 Å². The van der Waals surface area contributed by atoms with E-state index in [1.54, 1.807) is 13.3 Å². The van der Waals surface area contributed by atoms with Gasteiger partial charge in [-0.3, -0.25) is 0 Å². The molecular weight excluding hydrogens is 318 g/mol. The summed E-state index contributed by atoms with van der Waals surface area (Å²) in [5.74, 6) is 2.78. The Labute approximate surface area is 145 Å². The van der Waals surface area contributed by atoms with Gasteiger partial charge in [0.25, 0.3) is 0 Å². The first-order valence-corrected chi connectivity index (χ1v) is 8.28. The lowest BCUT2D eigenvalue weighted by Crippen LogP contribution is -2.20. The normalized spacial score (nSPS) is 13.9. The Balaban J connectivity index is 1.49. The van der Waals surface area contributed by atoms with Crippen LogP contribution in [-0.4, -0.2) is 35.3 Å². The molecule has 25 heavy (non-hydrogen) atoms. The number of anilines is 3. The summed E-state index contributed by atoms with van der Waals surface area (Å²) >= 11 is 0. The molecule has 0 aliphatic carbocycles. The van der Waals surface area contributed by atoms with Crippen molar-refractivity contribution < 1.29 is 9.26 Å². The second kappa shape index (κ2) is 6.80. The fourth-order valence-electron chi connectivity index (χ4n) is 2.85. The highest BCUT2D eigenvalue weighted by atomic mass is 16.5. The average molecular weight is 337 g/mol. The van der Waals surface area contributed by atoms with Crippen LogP contribution >= 0.6 is 0 Å². The molecule has 1 aromatic carbocycles. The Morgan fingerprint density at radius 2 is 1.92 bits per heavy atom. The number of hydrogen-bond donors (Lipinski definition) is 1. The van der Waals surface area contributed by atoms with Gasteiger partial charge in [-0.25, -0.2) is 4.98 Å². The summed E-state index contributed by atoms with van der Waals surface area (Å²) in [6.45, 7) is 2.01. The largest absolute Gasteiger partial charge is 0.497 e. The van der Waals surface area contributed by atoms with Crippen LogP contribution in [0.2, 0.25) is 0 Å². The lowest BCUT2D eigenvalue weighted by atomic mass is 10.1. The van der Waals surface area contributed by atoms with Gasteiger partial charge in [0.15, 0.2) is 0 Å². The Morgan fingerprint density at radius 1 is 1.12 bits per heavy atom. The van der Waals surface area contributed by atoms with Crippen molar-refractivity contribution in [3.63, 3.8) is 0 Å². The predicted molar refractivity (Wildman–Crippen MR) is 95.3 cm³/mol. The Hall–Kier alpha value is -3.09. The molecule has 128 valence electrons. The summed E-state index contributed by atoms with van der Waals surface area (Å²) in [7, 11) is 1.64. The monoisotopic (exact) mass is 337 g/mol. The van der Waals surface area contributed by atoms with Crippen LogP contribution in [0, 0.1) is 0 Å². The van der Waals surface area contributed by atoms with Gasteiger partial charge in [0.2, 0.25) is 11.8 Å². The maximum absolute atomic E-state index is 5.38. The van der Waals surface area contributed by atoms with Gasteiger partial charge < -0.3 is 19.5 Å². The van der Waals surface area contributed by atoms with E-state index in [2.05, 4.69) is 25.3 Å². The van der Waals surface area contributed by atoms with Gasteiger partial charge in [0.1, 0.15) is 17.3 Å². The molecule has 3 aromatic rings. The quantitative estimate of drug-likeness (QED) is 0.763. The van der Waals surface area contributed by atoms with Crippen molar-refractivity contribution in [1.29, 1.82) is 0 Å². The van der Waals surface area contributed by atoms with Crippen molar-refractivity contribution in [2.75, 3.05) is 30.4 Å². The fourth-order valence-corrected chi connectivity index (χ4v) is 2.85. The van der Waals surface area contributed by atoms with Crippen molar-refractivity contribution in [3.05, 3.63) is 42.6 Å². The number of ether oxygens (including phenoxy) is 1. The summed E-state index contributed by atoms with van der Waals surface area (Å²) < 4.78 is 10.5. The number of aromatic nitrogens is 3. The predicted octanol–water partition coefficient (Wildman–Crippen LogP) is 3.48. The molecule has 4 rings (SSSR count). The van der Waals surface area contributed by atoms with E-state index in [1.807, 2.05) is 36.4 Å². The van der Waals surface area contributed by atoms with Gasteiger partial charge in [-0.1, -0.05) is 5.16 Å². The van der Waals surface area contributed by atoms with Gasteiger partial charge in [0, 0.05) is 30.9 Å². The van der Waals surface area contributed by atoms with Gasteiger partial charge in [-0.05, 0) is 43.2 Å². The van der Waals surface area contributed by atoms with Gasteiger partial charge >= 0.3 is 0 Å². The molecule has 1 aliphatic heterocycles. The third-order valence-electron chi connectivity index (χ3n) is 4.18. The number of nitrogens with zero attached hydrogens (tertiary/aromatic N) is 4. The highest BCUT2D eigenvalue weighted by molar-refractivity contribution is 5.64. The number of benzene rings is 1. The molecule has 7 heteroatoms. The highest BCUT2D eigenvalue weighted by Crippen LogP contribution is 2.26. The zero-order valence-electron chi connectivity index (χ0n) is 14.0. The Bertz CT molecular complexity index is 841. The van der Waals surface area contributed by atoms with Gasteiger partial charge in [0.05, 0.1) is 7.11 Å². The van der Waals surface area contributed by atoms with Crippen molar-refractivity contribution in [1.82, 2.24) is 15.1 Å². The van der Waals surface area contributed by atoms with E-state index in [0.717, 1.165) is 36.0 Å². The molecule has 1 fully saturated rings. The molecule has 0 amide bonds. The van der Waals surface area contributed by atoms with E-state index < -0.39 is 0 Å². The zero-order valence-corrected chi connectivity index (χ0v) is 14.0. The molecule has 2 aromatic heterocycles. The summed E-state index contributed by atoms with van der Waals surface area (Å²) in [5.41, 5.74) is 1.71. The first kappa shape index (κ1) is 15.4. The maximum atomic E-state index is 5.38. The molecule has 0 saturated carbocycles. The second-order valence-corrected chi connectivity index (χ2v) is 5.87. The number of methoxy groups -OCH3 is 1. The highest BCUT2D eigenvalue weighted by Gasteiger charge is 2.15. The third-order valence-corrected chi connectivity index (χ3v) is 4.18. The van der Waals surface area contributed by atoms with Crippen molar-refractivity contribution in [2.24, 2.45) is 0 Å². The minimum Gasteiger partial charge on any atom is -0.497 e. The van der Waals surface area contributed by atoms with E-state index in [9.17, 15) is 0 Å². The minimum atomic E-state index is 0.539. The van der Waals surface area contributed by atoms with Crippen LogP contribution in [0.15, 0.2) is 47.1 Å². The minimum absolute atomic E-state index is 0.539. The van der Waals surface area contributed by atoms with Gasteiger partial charge in [-0.15, -0.1) is 0 Å². The number of nitrogens with one attached hydrogen (secondary N) is 1. The smallest absolute Gasteiger partial charge is 0.230 e. The maximum Gasteiger partial charge on any atom is 0.230 e. The molecule has 0 radical (unpaired) electrons. The topological polar surface area (TPSA) is 76.3 Å². The number of rotatable bonds is 5. The van der Waals surface area contributed by atoms with E-state index in [-0.39, 0.29) is 0 Å². The van der Waals surface area contributed by atoms with Crippen LogP contribution < -0.4 is 15.0 Å². The zero-order chi connectivity index (χ0) is 17.1. The summed E-state index contributed by atoms with van der Waals surface area (Å²) in [5, 5.41) is 7.25. The first-order chi connectivity index (χ1) is 12.3. The molecule has 1 N–H and O–H groups in total. The molecule has 0 spiro atoms. The lowest BCUT2D eigenvalue weighted by molar-refractivity contribution is 0.415. The van der Waals surface area contributed by atoms with E-state index >= 15 is 0 Å². The second-order valence-electron chi connectivity index (χ2n) is 5.87. The van der Waals surface area contributed by atoms with E-state index in [0.29, 0.717) is 11.7 Å². The number of hydrogen-bond acceptors (Lipinski definition) is 7. The Morgan fingerprint density at radius 3 is 2.68 bits per heavy atom. The average Bonchev–Trinajstić information content (AvgIpc) is 3.34. The molecular formula is C18H19N5O2. The van der Waals surface area contributed by atoms with Crippen LogP contribution in [0.25, 0.3) is 11.3 Å². The van der Waals surface area contributed by atoms with Crippen molar-refractivity contribution in [2.45, 2.75) is 12.8 Å². The standard InChI is InChI=1S/C18H19N5O2/c1-24-14-6-4-13(5-7-14)15-12-17(25-22-15)20-16-8-9-19-18(21-16)23-10-2-3-11-23/h4-9,12H,2-3,10-11H2,1H3,(H,19,20,21). The van der Waals surface area contributed by atoms with Gasteiger partial charge in [-0.2, -0.15) is 4.98 Å². The molecule has 0 unspecified atom stereocenters. The Kier molecular flexibility index (Phi) is 4.20. The molecule has 1 saturated heterocycles.